The summed E-state index contributed by atoms with van der Waals surface area (Å²) >= 11 is 0. The van der Waals surface area contributed by atoms with Crippen molar-refractivity contribution in [3.8, 4) is 22.5 Å². The number of aromatic amines is 1. The number of nitrogens with zero attached hydrogens (tertiary/aromatic N) is 4. The number of hydrogen-bond donors (Lipinski definition) is 4. The Morgan fingerprint density at radius 2 is 1.91 bits per heavy atom. The Morgan fingerprint density at radius 1 is 1.12 bits per heavy atom. The van der Waals surface area contributed by atoms with Crippen molar-refractivity contribution in [2.45, 2.75) is 12.2 Å². The maximum absolute atomic E-state index is 12.4. The number of aliphatic hydroxyl groups is 2. The van der Waals surface area contributed by atoms with Gasteiger partial charge in [0, 0.05) is 25.0 Å². The van der Waals surface area contributed by atoms with Crippen LogP contribution in [0.15, 0.2) is 73.2 Å². The number of aromatic nitrogens is 5. The zero-order valence-electron chi connectivity index (χ0n) is 18.3. The van der Waals surface area contributed by atoms with Gasteiger partial charge in [-0.05, 0) is 34.4 Å². The SMILES string of the molecule is Cn1cc(-c2nc3nccc(-c4ccc(C(O)(C(N)=O)c5ccccc5)cc4CO)c3[nH]2)cn1. The van der Waals surface area contributed by atoms with Crippen LogP contribution in [0.25, 0.3) is 33.7 Å². The first-order valence-electron chi connectivity index (χ1n) is 10.6. The highest BCUT2D eigenvalue weighted by Gasteiger charge is 2.38. The summed E-state index contributed by atoms with van der Waals surface area (Å²) in [6.45, 7) is -0.319. The molecule has 0 aliphatic rings. The quantitative estimate of drug-likeness (QED) is 0.310. The van der Waals surface area contributed by atoms with E-state index in [1.807, 2.05) is 19.3 Å². The Morgan fingerprint density at radius 3 is 2.59 bits per heavy atom. The van der Waals surface area contributed by atoms with Crippen LogP contribution < -0.4 is 5.73 Å². The smallest absolute Gasteiger partial charge is 0.258 e. The summed E-state index contributed by atoms with van der Waals surface area (Å²) in [6.07, 6.45) is 5.20. The number of benzene rings is 2. The summed E-state index contributed by atoms with van der Waals surface area (Å²) in [5.41, 5.74) is 8.22. The monoisotopic (exact) mass is 454 g/mol. The molecule has 2 aromatic carbocycles. The summed E-state index contributed by atoms with van der Waals surface area (Å²) in [5.74, 6) is -0.284. The van der Waals surface area contributed by atoms with Crippen molar-refractivity contribution in [1.29, 1.82) is 0 Å². The van der Waals surface area contributed by atoms with Crippen LogP contribution in [0.2, 0.25) is 0 Å². The predicted molar refractivity (Wildman–Crippen MR) is 126 cm³/mol. The largest absolute Gasteiger partial charge is 0.392 e. The number of carbonyl (C=O) groups excluding carboxylic acids is 1. The minimum atomic E-state index is -2.04. The molecule has 0 fully saturated rings. The lowest BCUT2D eigenvalue weighted by molar-refractivity contribution is -0.133. The van der Waals surface area contributed by atoms with Crippen LogP contribution in [0.4, 0.5) is 0 Å². The minimum absolute atomic E-state index is 0.268. The van der Waals surface area contributed by atoms with E-state index in [2.05, 4.69) is 20.1 Å². The Balaban J connectivity index is 1.65. The van der Waals surface area contributed by atoms with Crippen LogP contribution in [0, 0.1) is 0 Å². The molecule has 0 saturated heterocycles. The average molecular weight is 454 g/mol. The highest BCUT2D eigenvalue weighted by Crippen LogP contribution is 2.35. The van der Waals surface area contributed by atoms with Crippen molar-refractivity contribution in [2.75, 3.05) is 0 Å². The second-order valence-electron chi connectivity index (χ2n) is 8.02. The van der Waals surface area contributed by atoms with Crippen LogP contribution in [-0.4, -0.2) is 40.9 Å². The fraction of sp³-hybridized carbons (Fsp3) is 0.120. The number of nitrogens with one attached hydrogen (secondary N) is 1. The second-order valence-corrected chi connectivity index (χ2v) is 8.02. The maximum atomic E-state index is 12.4. The van der Waals surface area contributed by atoms with Crippen molar-refractivity contribution in [2.24, 2.45) is 12.8 Å². The van der Waals surface area contributed by atoms with E-state index in [0.717, 1.165) is 11.1 Å². The number of fused-ring (bicyclic) bond motifs is 1. The molecule has 1 unspecified atom stereocenters. The van der Waals surface area contributed by atoms with E-state index < -0.39 is 11.5 Å². The van der Waals surface area contributed by atoms with Gasteiger partial charge >= 0.3 is 0 Å². The van der Waals surface area contributed by atoms with Gasteiger partial charge in [0.2, 0.25) is 0 Å². The molecular weight excluding hydrogens is 432 g/mol. The van der Waals surface area contributed by atoms with E-state index in [0.29, 0.717) is 33.7 Å². The first kappa shape index (κ1) is 21.5. The van der Waals surface area contributed by atoms with Crippen molar-refractivity contribution in [3.63, 3.8) is 0 Å². The van der Waals surface area contributed by atoms with Gasteiger partial charge in [0.25, 0.3) is 5.91 Å². The van der Waals surface area contributed by atoms with Crippen LogP contribution in [0.5, 0.6) is 0 Å². The average Bonchev–Trinajstić information content (AvgIpc) is 3.49. The second kappa shape index (κ2) is 8.22. The normalized spacial score (nSPS) is 13.1. The van der Waals surface area contributed by atoms with Crippen LogP contribution >= 0.6 is 0 Å². The molecule has 3 aromatic heterocycles. The molecule has 5 rings (SSSR count). The lowest BCUT2D eigenvalue weighted by Crippen LogP contribution is -2.42. The van der Waals surface area contributed by atoms with Gasteiger partial charge in [-0.3, -0.25) is 9.48 Å². The van der Waals surface area contributed by atoms with Gasteiger partial charge in [0.15, 0.2) is 11.2 Å². The molecule has 0 saturated carbocycles. The van der Waals surface area contributed by atoms with Gasteiger partial charge in [0.1, 0.15) is 5.82 Å². The number of rotatable bonds is 6. The van der Waals surface area contributed by atoms with Crippen LogP contribution in [0.1, 0.15) is 16.7 Å². The van der Waals surface area contributed by atoms with Gasteiger partial charge in [-0.15, -0.1) is 0 Å². The van der Waals surface area contributed by atoms with Crippen molar-refractivity contribution in [1.82, 2.24) is 24.7 Å². The minimum Gasteiger partial charge on any atom is -0.392 e. The van der Waals surface area contributed by atoms with Crippen molar-refractivity contribution in [3.05, 3.63) is 89.9 Å². The number of imidazole rings is 1. The van der Waals surface area contributed by atoms with Crippen LogP contribution in [0.3, 0.4) is 0 Å². The van der Waals surface area contributed by atoms with Crippen molar-refractivity contribution >= 4 is 17.1 Å². The molecule has 34 heavy (non-hydrogen) atoms. The number of aliphatic hydroxyl groups excluding tert-OH is 1. The van der Waals surface area contributed by atoms with Gasteiger partial charge in [-0.2, -0.15) is 5.10 Å². The first-order valence-corrected chi connectivity index (χ1v) is 10.6. The molecule has 9 nitrogen and oxygen atoms in total. The molecule has 3 heterocycles. The fourth-order valence-electron chi connectivity index (χ4n) is 4.16. The molecule has 5 aromatic rings. The number of primary amides is 1. The number of nitrogens with two attached hydrogens (primary N) is 1. The molecule has 1 atom stereocenters. The van der Waals surface area contributed by atoms with Gasteiger partial charge < -0.3 is 20.9 Å². The predicted octanol–water partition coefficient (Wildman–Crippen LogP) is 2.24. The number of hydrogen-bond acceptors (Lipinski definition) is 6. The molecule has 9 heteroatoms. The highest BCUT2D eigenvalue weighted by molar-refractivity contribution is 5.93. The topological polar surface area (TPSA) is 143 Å². The zero-order chi connectivity index (χ0) is 23.9. The molecule has 1 amide bonds. The molecule has 170 valence electrons. The standard InChI is InChI=1S/C25H22N6O3/c1-31-13-16(12-28-31)22-29-21-20(9-10-27-23(21)30-22)19-8-7-18(11-15(19)14-32)25(34,24(26)33)17-5-3-2-4-6-17/h2-13,32,34H,14H2,1H3,(H2,26,33)(H,27,29,30). The molecule has 0 spiro atoms. The molecule has 0 aliphatic carbocycles. The molecule has 5 N–H and O–H groups in total. The lowest BCUT2D eigenvalue weighted by atomic mass is 9.83. The third-order valence-electron chi connectivity index (χ3n) is 5.90. The molecule has 0 radical (unpaired) electrons. The molecule has 0 aliphatic heterocycles. The van der Waals surface area contributed by atoms with Crippen LogP contribution in [-0.2, 0) is 24.1 Å². The van der Waals surface area contributed by atoms with E-state index in [1.165, 1.54) is 0 Å². The Bertz CT molecular complexity index is 1510. The summed E-state index contributed by atoms with van der Waals surface area (Å²) in [4.78, 5) is 24.6. The van der Waals surface area contributed by atoms with Gasteiger partial charge in [-0.1, -0.05) is 42.5 Å². The molecule has 0 bridgehead atoms. The third-order valence-corrected chi connectivity index (χ3v) is 5.90. The number of carbonyl (C=O) groups is 1. The third kappa shape index (κ3) is 3.43. The number of aryl methyl sites for hydroxylation is 1. The zero-order valence-corrected chi connectivity index (χ0v) is 18.3. The summed E-state index contributed by atoms with van der Waals surface area (Å²) in [7, 11) is 1.83. The summed E-state index contributed by atoms with van der Waals surface area (Å²) in [5, 5.41) is 25.7. The summed E-state index contributed by atoms with van der Waals surface area (Å²) < 4.78 is 1.69. The number of amides is 1. The van der Waals surface area contributed by atoms with E-state index in [9.17, 15) is 15.0 Å². The Hall–Kier alpha value is -4.34. The van der Waals surface area contributed by atoms with Gasteiger partial charge in [0.05, 0.1) is 23.9 Å². The molecular formula is C25H22N6O3. The first-order chi connectivity index (χ1) is 16.4. The summed E-state index contributed by atoms with van der Waals surface area (Å²) in [6, 6.07) is 15.3. The van der Waals surface area contributed by atoms with Gasteiger partial charge in [-0.25, -0.2) is 9.97 Å². The highest BCUT2D eigenvalue weighted by atomic mass is 16.3. The van der Waals surface area contributed by atoms with Crippen molar-refractivity contribution < 1.29 is 15.0 Å². The Kier molecular flexibility index (Phi) is 5.20. The Labute approximate surface area is 194 Å². The number of pyridine rings is 1. The fourth-order valence-corrected chi connectivity index (χ4v) is 4.16. The van der Waals surface area contributed by atoms with E-state index >= 15 is 0 Å². The maximum Gasteiger partial charge on any atom is 0.258 e. The van der Waals surface area contributed by atoms with E-state index in [1.54, 1.807) is 65.6 Å². The lowest BCUT2D eigenvalue weighted by Gasteiger charge is -2.26. The van der Waals surface area contributed by atoms with E-state index in [-0.39, 0.29) is 12.2 Å². The van der Waals surface area contributed by atoms with E-state index in [4.69, 9.17) is 5.73 Å². The number of H-pyrrole nitrogens is 1.